The molecule has 0 aliphatic heterocycles. The number of aromatic hydroxyl groups is 1. The van der Waals surface area contributed by atoms with Gasteiger partial charge in [-0.2, -0.15) is 13.2 Å². The van der Waals surface area contributed by atoms with Gasteiger partial charge in [-0.3, -0.25) is 4.98 Å². The molecule has 7 heteroatoms. The maximum Gasteiger partial charge on any atom is 0.433 e. The van der Waals surface area contributed by atoms with E-state index in [1.54, 1.807) is 0 Å². The van der Waals surface area contributed by atoms with Gasteiger partial charge in [-0.1, -0.05) is 46.8 Å². The van der Waals surface area contributed by atoms with Crippen LogP contribution in [0, 0.1) is 0 Å². The van der Waals surface area contributed by atoms with E-state index >= 15 is 0 Å². The van der Waals surface area contributed by atoms with E-state index in [0.29, 0.717) is 17.7 Å². The van der Waals surface area contributed by atoms with Crippen molar-refractivity contribution in [2.45, 2.75) is 78.6 Å². The molecule has 0 bridgehead atoms. The van der Waals surface area contributed by atoms with Crippen molar-refractivity contribution in [1.82, 2.24) is 15.2 Å². The number of pyridine rings is 1. The number of nitrogens with zero attached hydrogens (tertiary/aromatic N) is 2. The van der Waals surface area contributed by atoms with Crippen LogP contribution in [-0.2, 0) is 18.1 Å². The first-order chi connectivity index (χ1) is 15.4. The van der Waals surface area contributed by atoms with Gasteiger partial charge in [0.2, 0.25) is 0 Å². The Bertz CT molecular complexity index is 885. The van der Waals surface area contributed by atoms with E-state index in [1.807, 2.05) is 12.1 Å². The van der Waals surface area contributed by atoms with Gasteiger partial charge in [-0.05, 0) is 62.5 Å². The molecule has 0 fully saturated rings. The SMILES string of the molecule is CCN(CC)CCCC(C)NCc1cc(C(C)(C)C)cc(-c2ccc(C(F)(F)F)nc2)c1O. The summed E-state index contributed by atoms with van der Waals surface area (Å²) in [5.74, 6) is 0.0763. The molecule has 0 aliphatic rings. The number of nitrogens with one attached hydrogen (secondary N) is 1. The molecule has 0 saturated carbocycles. The summed E-state index contributed by atoms with van der Waals surface area (Å²) >= 11 is 0. The summed E-state index contributed by atoms with van der Waals surface area (Å²) in [6.45, 7) is 16.3. The Kier molecular flexibility index (Phi) is 9.32. The first kappa shape index (κ1) is 27.1. The highest BCUT2D eigenvalue weighted by atomic mass is 19.4. The summed E-state index contributed by atoms with van der Waals surface area (Å²) in [4.78, 5) is 5.97. The van der Waals surface area contributed by atoms with Crippen LogP contribution >= 0.6 is 0 Å². The van der Waals surface area contributed by atoms with Gasteiger partial charge < -0.3 is 15.3 Å². The molecule has 0 radical (unpaired) electrons. The average molecular weight is 466 g/mol. The number of alkyl halides is 3. The maximum absolute atomic E-state index is 12.9. The lowest BCUT2D eigenvalue weighted by atomic mass is 9.83. The Hall–Kier alpha value is -2.12. The molecule has 0 saturated heterocycles. The van der Waals surface area contributed by atoms with E-state index in [1.165, 1.54) is 12.3 Å². The van der Waals surface area contributed by atoms with E-state index in [4.69, 9.17) is 0 Å². The molecule has 1 atom stereocenters. The van der Waals surface area contributed by atoms with Crippen LogP contribution in [0.5, 0.6) is 5.75 Å². The lowest BCUT2D eigenvalue weighted by Crippen LogP contribution is -2.29. The smallest absolute Gasteiger partial charge is 0.433 e. The highest BCUT2D eigenvalue weighted by molar-refractivity contribution is 5.72. The normalized spacial score (nSPS) is 13.5. The Morgan fingerprint density at radius 2 is 1.76 bits per heavy atom. The highest BCUT2D eigenvalue weighted by Gasteiger charge is 2.32. The van der Waals surface area contributed by atoms with Crippen molar-refractivity contribution < 1.29 is 18.3 Å². The Morgan fingerprint density at radius 1 is 1.09 bits per heavy atom. The van der Waals surface area contributed by atoms with Crippen LogP contribution in [0.25, 0.3) is 11.1 Å². The van der Waals surface area contributed by atoms with E-state index < -0.39 is 11.9 Å². The molecule has 33 heavy (non-hydrogen) atoms. The molecule has 1 aromatic carbocycles. The number of hydrogen-bond donors (Lipinski definition) is 2. The molecule has 2 rings (SSSR count). The third kappa shape index (κ3) is 7.71. The molecule has 4 nitrogen and oxygen atoms in total. The zero-order valence-corrected chi connectivity index (χ0v) is 20.7. The minimum atomic E-state index is -4.50. The van der Waals surface area contributed by atoms with E-state index in [0.717, 1.165) is 49.7 Å². The van der Waals surface area contributed by atoms with Crippen LogP contribution in [0.15, 0.2) is 30.5 Å². The number of phenols is 1. The zero-order valence-electron chi connectivity index (χ0n) is 20.7. The third-order valence-electron chi connectivity index (χ3n) is 6.07. The molecule has 1 heterocycles. The van der Waals surface area contributed by atoms with Gasteiger partial charge in [-0.25, -0.2) is 0 Å². The number of benzene rings is 1. The fourth-order valence-electron chi connectivity index (χ4n) is 3.75. The fourth-order valence-corrected chi connectivity index (χ4v) is 3.75. The topological polar surface area (TPSA) is 48.4 Å². The molecule has 1 unspecified atom stereocenters. The summed E-state index contributed by atoms with van der Waals surface area (Å²) in [6, 6.07) is 6.41. The van der Waals surface area contributed by atoms with E-state index in [-0.39, 0.29) is 17.2 Å². The number of rotatable bonds is 10. The van der Waals surface area contributed by atoms with E-state index in [2.05, 4.69) is 56.7 Å². The summed E-state index contributed by atoms with van der Waals surface area (Å²) in [5, 5.41) is 14.5. The Labute approximate surface area is 196 Å². The third-order valence-corrected chi connectivity index (χ3v) is 6.07. The lowest BCUT2D eigenvalue weighted by Gasteiger charge is -2.24. The first-order valence-corrected chi connectivity index (χ1v) is 11.7. The van der Waals surface area contributed by atoms with Crippen LogP contribution in [-0.4, -0.2) is 40.7 Å². The molecule has 2 aromatic rings. The Morgan fingerprint density at radius 3 is 2.27 bits per heavy atom. The summed E-state index contributed by atoms with van der Waals surface area (Å²) in [7, 11) is 0. The van der Waals surface area contributed by atoms with Crippen molar-refractivity contribution >= 4 is 0 Å². The van der Waals surface area contributed by atoms with Crippen molar-refractivity contribution in [3.63, 3.8) is 0 Å². The number of phenolic OH excluding ortho intramolecular Hbond substituents is 1. The standard InChI is InChI=1S/C26H38F3N3O/c1-7-32(8-2)13-9-10-18(3)30-17-20-14-21(25(4,5)6)15-22(24(20)33)19-11-12-23(31-16-19)26(27,28)29/h11-12,14-16,18,30,33H,7-10,13,17H2,1-6H3. The average Bonchev–Trinajstić information content (AvgIpc) is 2.74. The molecule has 0 amide bonds. The summed E-state index contributed by atoms with van der Waals surface area (Å²) in [6.07, 6.45) is -1.21. The van der Waals surface area contributed by atoms with Crippen molar-refractivity contribution in [2.24, 2.45) is 0 Å². The van der Waals surface area contributed by atoms with Crippen LogP contribution in [0.3, 0.4) is 0 Å². The minimum absolute atomic E-state index is 0.0763. The van der Waals surface area contributed by atoms with Crippen molar-refractivity contribution in [2.75, 3.05) is 19.6 Å². The van der Waals surface area contributed by atoms with Crippen LogP contribution in [0.4, 0.5) is 13.2 Å². The minimum Gasteiger partial charge on any atom is -0.507 e. The predicted molar refractivity (Wildman–Crippen MR) is 128 cm³/mol. The highest BCUT2D eigenvalue weighted by Crippen LogP contribution is 2.38. The quantitative estimate of drug-likeness (QED) is 0.428. The van der Waals surface area contributed by atoms with Gasteiger partial charge >= 0.3 is 6.18 Å². The summed E-state index contributed by atoms with van der Waals surface area (Å²) < 4.78 is 38.7. The first-order valence-electron chi connectivity index (χ1n) is 11.7. The molecule has 2 N–H and O–H groups in total. The second-order valence-electron chi connectivity index (χ2n) is 9.66. The van der Waals surface area contributed by atoms with Crippen molar-refractivity contribution in [3.05, 3.63) is 47.3 Å². The number of hydrogen-bond acceptors (Lipinski definition) is 4. The van der Waals surface area contributed by atoms with Gasteiger partial charge in [0.25, 0.3) is 0 Å². The van der Waals surface area contributed by atoms with Gasteiger partial charge in [0.15, 0.2) is 0 Å². The number of aromatic nitrogens is 1. The predicted octanol–water partition coefficient (Wildman–Crippen LogP) is 6.37. The molecule has 0 spiro atoms. The molecular weight excluding hydrogens is 427 g/mol. The molecule has 184 valence electrons. The second kappa shape index (κ2) is 11.3. The number of halogens is 3. The molecule has 0 aliphatic carbocycles. The maximum atomic E-state index is 12.9. The van der Waals surface area contributed by atoms with Gasteiger partial charge in [0.1, 0.15) is 11.4 Å². The van der Waals surface area contributed by atoms with Crippen LogP contribution in [0.1, 0.15) is 71.2 Å². The lowest BCUT2D eigenvalue weighted by molar-refractivity contribution is -0.141. The largest absolute Gasteiger partial charge is 0.507 e. The molecular formula is C26H38F3N3O. The van der Waals surface area contributed by atoms with Gasteiger partial charge in [0.05, 0.1) is 0 Å². The van der Waals surface area contributed by atoms with Crippen molar-refractivity contribution in [1.29, 1.82) is 0 Å². The zero-order chi connectivity index (χ0) is 24.8. The monoisotopic (exact) mass is 465 g/mol. The summed E-state index contributed by atoms with van der Waals surface area (Å²) in [5.41, 5.74) is 1.55. The van der Waals surface area contributed by atoms with Gasteiger partial charge in [0, 0.05) is 35.5 Å². The van der Waals surface area contributed by atoms with Crippen molar-refractivity contribution in [3.8, 4) is 16.9 Å². The molecule has 1 aromatic heterocycles. The van der Waals surface area contributed by atoms with Crippen LogP contribution in [0.2, 0.25) is 0 Å². The second-order valence-corrected chi connectivity index (χ2v) is 9.66. The van der Waals surface area contributed by atoms with Crippen LogP contribution < -0.4 is 5.32 Å². The van der Waals surface area contributed by atoms with E-state index in [9.17, 15) is 18.3 Å². The van der Waals surface area contributed by atoms with Gasteiger partial charge in [-0.15, -0.1) is 0 Å². The Balaban J connectivity index is 2.23. The fraction of sp³-hybridized carbons (Fsp3) is 0.577.